The van der Waals surface area contributed by atoms with Gasteiger partial charge in [0.2, 0.25) is 0 Å². The van der Waals surface area contributed by atoms with E-state index in [-0.39, 0.29) is 18.2 Å². The minimum Gasteiger partial charge on any atom is -0.380 e. The van der Waals surface area contributed by atoms with Gasteiger partial charge in [-0.3, -0.25) is 4.99 Å². The van der Waals surface area contributed by atoms with E-state index in [1.165, 1.54) is 25.3 Å². The Morgan fingerprint density at radius 1 is 1.08 bits per heavy atom. The van der Waals surface area contributed by atoms with Crippen LogP contribution in [0.4, 0.5) is 8.78 Å². The first-order chi connectivity index (χ1) is 12.1. The topological polar surface area (TPSA) is 45.7 Å². The van der Waals surface area contributed by atoms with Crippen LogP contribution in [-0.2, 0) is 24.3 Å². The van der Waals surface area contributed by atoms with Gasteiger partial charge in [-0.25, -0.2) is 8.78 Å². The fourth-order valence-corrected chi connectivity index (χ4v) is 2.43. The van der Waals surface area contributed by atoms with E-state index in [4.69, 9.17) is 4.74 Å². The Morgan fingerprint density at radius 2 is 1.92 bits per heavy atom. The van der Waals surface area contributed by atoms with Crippen LogP contribution < -0.4 is 10.6 Å². The Balaban J connectivity index is 1.83. The molecule has 2 N–H and O–H groups in total. The van der Waals surface area contributed by atoms with E-state index in [2.05, 4.69) is 15.6 Å². The van der Waals surface area contributed by atoms with Crippen molar-refractivity contribution in [2.24, 2.45) is 4.99 Å². The minimum absolute atomic E-state index is 0.233. The van der Waals surface area contributed by atoms with Crippen LogP contribution in [0.1, 0.15) is 16.7 Å². The molecule has 2 aromatic carbocycles. The number of ether oxygens (including phenoxy) is 1. The number of hydrogen-bond donors (Lipinski definition) is 2. The van der Waals surface area contributed by atoms with Gasteiger partial charge >= 0.3 is 0 Å². The van der Waals surface area contributed by atoms with Gasteiger partial charge in [-0.1, -0.05) is 18.2 Å². The lowest BCUT2D eigenvalue weighted by Crippen LogP contribution is -2.37. The van der Waals surface area contributed by atoms with Crippen molar-refractivity contribution in [2.45, 2.75) is 19.6 Å². The summed E-state index contributed by atoms with van der Waals surface area (Å²) in [6.07, 6.45) is 0.687. The minimum atomic E-state index is -0.275. The van der Waals surface area contributed by atoms with Crippen LogP contribution in [0.3, 0.4) is 0 Å². The summed E-state index contributed by atoms with van der Waals surface area (Å²) in [5, 5.41) is 6.35. The molecular formula is C19H23F2N3O. The van der Waals surface area contributed by atoms with E-state index in [1.807, 2.05) is 6.07 Å². The van der Waals surface area contributed by atoms with Gasteiger partial charge in [0.1, 0.15) is 11.6 Å². The molecule has 0 aliphatic heterocycles. The number of rotatable bonds is 7. The summed E-state index contributed by atoms with van der Waals surface area (Å²) in [4.78, 5) is 4.15. The monoisotopic (exact) mass is 347 g/mol. The van der Waals surface area contributed by atoms with Crippen LogP contribution in [0.25, 0.3) is 0 Å². The number of aliphatic imine (C=N–C) groups is 1. The van der Waals surface area contributed by atoms with E-state index >= 15 is 0 Å². The number of hydrogen-bond acceptors (Lipinski definition) is 2. The summed E-state index contributed by atoms with van der Waals surface area (Å²) in [5.74, 6) is 0.125. The first-order valence-electron chi connectivity index (χ1n) is 8.07. The number of guanidine groups is 1. The third-order valence-electron chi connectivity index (χ3n) is 3.69. The molecular weight excluding hydrogens is 324 g/mol. The predicted molar refractivity (Wildman–Crippen MR) is 95.4 cm³/mol. The van der Waals surface area contributed by atoms with Gasteiger partial charge in [0, 0.05) is 32.8 Å². The van der Waals surface area contributed by atoms with Gasteiger partial charge in [-0.15, -0.1) is 0 Å². The average molecular weight is 347 g/mol. The number of nitrogens with one attached hydrogen (secondary N) is 2. The second kappa shape index (κ2) is 9.74. The third-order valence-corrected chi connectivity index (χ3v) is 3.69. The van der Waals surface area contributed by atoms with E-state index in [0.29, 0.717) is 31.0 Å². The highest BCUT2D eigenvalue weighted by Crippen LogP contribution is 2.11. The van der Waals surface area contributed by atoms with Gasteiger partial charge in [-0.2, -0.15) is 0 Å². The molecule has 0 amide bonds. The van der Waals surface area contributed by atoms with Gasteiger partial charge in [0.25, 0.3) is 0 Å². The van der Waals surface area contributed by atoms with E-state index in [0.717, 1.165) is 11.1 Å². The smallest absolute Gasteiger partial charge is 0.191 e. The third kappa shape index (κ3) is 6.15. The van der Waals surface area contributed by atoms with Crippen molar-refractivity contribution in [1.29, 1.82) is 0 Å². The first-order valence-corrected chi connectivity index (χ1v) is 8.07. The Hall–Kier alpha value is -2.47. The summed E-state index contributed by atoms with van der Waals surface area (Å²) in [6, 6.07) is 11.5. The molecule has 0 saturated carbocycles. The highest BCUT2D eigenvalue weighted by atomic mass is 19.1. The SMILES string of the molecule is CN=C(NCCc1cccc(F)c1)NCc1ccc(F)c(COC)c1. The molecule has 4 nitrogen and oxygen atoms in total. The van der Waals surface area contributed by atoms with Crippen molar-refractivity contribution in [2.75, 3.05) is 20.7 Å². The summed E-state index contributed by atoms with van der Waals surface area (Å²) < 4.78 is 31.8. The van der Waals surface area contributed by atoms with Crippen molar-refractivity contribution in [3.8, 4) is 0 Å². The van der Waals surface area contributed by atoms with Gasteiger partial charge in [0.05, 0.1) is 6.61 Å². The molecule has 0 aromatic heterocycles. The van der Waals surface area contributed by atoms with Crippen LogP contribution in [-0.4, -0.2) is 26.7 Å². The fraction of sp³-hybridized carbons (Fsp3) is 0.316. The highest BCUT2D eigenvalue weighted by molar-refractivity contribution is 5.79. The normalized spacial score (nSPS) is 11.4. The van der Waals surface area contributed by atoms with Crippen molar-refractivity contribution in [3.05, 3.63) is 70.8 Å². The molecule has 0 spiro atoms. The quantitative estimate of drug-likeness (QED) is 0.598. The molecule has 0 radical (unpaired) electrons. The van der Waals surface area contributed by atoms with Gasteiger partial charge in [0.15, 0.2) is 5.96 Å². The number of benzene rings is 2. The molecule has 134 valence electrons. The zero-order chi connectivity index (χ0) is 18.1. The second-order valence-electron chi connectivity index (χ2n) is 5.59. The summed E-state index contributed by atoms with van der Waals surface area (Å²) in [7, 11) is 3.22. The molecule has 25 heavy (non-hydrogen) atoms. The molecule has 0 heterocycles. The summed E-state index contributed by atoms with van der Waals surface area (Å²) in [6.45, 7) is 1.37. The largest absolute Gasteiger partial charge is 0.380 e. The van der Waals surface area contributed by atoms with Crippen LogP contribution in [0.15, 0.2) is 47.5 Å². The van der Waals surface area contributed by atoms with Gasteiger partial charge in [-0.05, 0) is 41.8 Å². The molecule has 0 unspecified atom stereocenters. The molecule has 2 aromatic rings. The highest BCUT2D eigenvalue weighted by Gasteiger charge is 2.05. The first kappa shape index (κ1) is 18.9. The molecule has 0 atom stereocenters. The van der Waals surface area contributed by atoms with E-state index in [1.54, 1.807) is 25.2 Å². The lowest BCUT2D eigenvalue weighted by Gasteiger charge is -2.13. The van der Waals surface area contributed by atoms with Crippen molar-refractivity contribution < 1.29 is 13.5 Å². The molecule has 0 saturated heterocycles. The zero-order valence-electron chi connectivity index (χ0n) is 14.5. The van der Waals surface area contributed by atoms with E-state index < -0.39 is 0 Å². The number of methoxy groups -OCH3 is 1. The van der Waals surface area contributed by atoms with Gasteiger partial charge < -0.3 is 15.4 Å². The Morgan fingerprint density at radius 3 is 2.64 bits per heavy atom. The molecule has 0 aliphatic rings. The Labute approximate surface area is 146 Å². The van der Waals surface area contributed by atoms with Crippen LogP contribution >= 0.6 is 0 Å². The molecule has 2 rings (SSSR count). The van der Waals surface area contributed by atoms with Crippen LogP contribution in [0.2, 0.25) is 0 Å². The predicted octanol–water partition coefficient (Wildman–Crippen LogP) is 3.02. The summed E-state index contributed by atoms with van der Waals surface area (Å²) in [5.41, 5.74) is 2.38. The molecule has 0 bridgehead atoms. The lowest BCUT2D eigenvalue weighted by molar-refractivity contribution is 0.181. The standard InChI is InChI=1S/C19H23F2N3O/c1-22-19(23-9-8-14-4-3-5-17(20)11-14)24-12-15-6-7-18(21)16(10-15)13-25-2/h3-7,10-11H,8-9,12-13H2,1-2H3,(H2,22,23,24). The summed E-state index contributed by atoms with van der Waals surface area (Å²) >= 11 is 0. The second-order valence-corrected chi connectivity index (χ2v) is 5.59. The van der Waals surface area contributed by atoms with Crippen molar-refractivity contribution in [1.82, 2.24) is 10.6 Å². The number of nitrogens with zero attached hydrogens (tertiary/aromatic N) is 1. The Bertz CT molecular complexity index is 720. The number of halogens is 2. The van der Waals surface area contributed by atoms with E-state index in [9.17, 15) is 8.78 Å². The van der Waals surface area contributed by atoms with Crippen molar-refractivity contribution in [3.63, 3.8) is 0 Å². The maximum atomic E-state index is 13.6. The Kier molecular flexibility index (Phi) is 7.35. The fourth-order valence-electron chi connectivity index (χ4n) is 2.43. The molecule has 0 aliphatic carbocycles. The molecule has 0 fully saturated rings. The average Bonchev–Trinajstić information content (AvgIpc) is 2.60. The maximum Gasteiger partial charge on any atom is 0.191 e. The van der Waals surface area contributed by atoms with Crippen LogP contribution in [0.5, 0.6) is 0 Å². The maximum absolute atomic E-state index is 13.6. The lowest BCUT2D eigenvalue weighted by atomic mass is 10.1. The molecule has 6 heteroatoms. The van der Waals surface area contributed by atoms with Crippen LogP contribution in [0, 0.1) is 11.6 Å². The van der Waals surface area contributed by atoms with Crippen molar-refractivity contribution >= 4 is 5.96 Å². The zero-order valence-corrected chi connectivity index (χ0v) is 14.5.